The quantitative estimate of drug-likeness (QED) is 0.801. The molecule has 1 fully saturated rings. The van der Waals surface area contributed by atoms with Gasteiger partial charge in [0.25, 0.3) is 0 Å². The average molecular weight is 292 g/mol. The molecule has 0 amide bonds. The highest BCUT2D eigenvalue weighted by Crippen LogP contribution is 2.25. The predicted octanol–water partition coefficient (Wildman–Crippen LogP) is 2.58. The second-order valence-corrected chi connectivity index (χ2v) is 4.89. The topological polar surface area (TPSA) is 25.4 Å². The van der Waals surface area contributed by atoms with Gasteiger partial charge in [0.05, 0.1) is 10.7 Å². The Balaban J connectivity index is 1.90. The molecule has 0 aliphatic carbocycles. The Morgan fingerprint density at radius 2 is 2.53 bits per heavy atom. The third-order valence-electron chi connectivity index (χ3n) is 2.65. The van der Waals surface area contributed by atoms with Crippen LogP contribution in [-0.2, 0) is 0 Å². The Morgan fingerprint density at radius 1 is 1.73 bits per heavy atom. The summed E-state index contributed by atoms with van der Waals surface area (Å²) in [5.74, 6) is 0.756. The maximum atomic E-state index is 5.78. The highest BCUT2D eigenvalue weighted by molar-refractivity contribution is 9.10. The molecule has 1 aliphatic rings. The molecule has 3 nitrogen and oxygen atoms in total. The molecule has 15 heavy (non-hydrogen) atoms. The number of pyridine rings is 1. The van der Waals surface area contributed by atoms with Crippen molar-refractivity contribution in [2.24, 2.45) is 0 Å². The molecule has 0 radical (unpaired) electrons. The van der Waals surface area contributed by atoms with Crippen LogP contribution >= 0.6 is 27.5 Å². The van der Waals surface area contributed by atoms with E-state index in [1.807, 2.05) is 6.07 Å². The van der Waals surface area contributed by atoms with Crippen molar-refractivity contribution in [1.29, 1.82) is 0 Å². The lowest BCUT2D eigenvalue weighted by atomic mass is 10.1. The predicted molar refractivity (Wildman–Crippen MR) is 63.5 cm³/mol. The van der Waals surface area contributed by atoms with Crippen LogP contribution in [0.2, 0.25) is 5.15 Å². The lowest BCUT2D eigenvalue weighted by molar-refractivity contribution is 0.0767. The van der Waals surface area contributed by atoms with Crippen molar-refractivity contribution in [3.8, 4) is 5.75 Å². The van der Waals surface area contributed by atoms with Gasteiger partial charge in [-0.2, -0.15) is 0 Å². The van der Waals surface area contributed by atoms with Crippen LogP contribution in [0.5, 0.6) is 5.75 Å². The Kier molecular flexibility index (Phi) is 3.49. The fourth-order valence-corrected chi connectivity index (χ4v) is 1.89. The number of halogens is 2. The fraction of sp³-hybridized carbons (Fsp3) is 0.500. The molecule has 1 aromatic rings. The van der Waals surface area contributed by atoms with E-state index < -0.39 is 0 Å². The first-order valence-electron chi connectivity index (χ1n) is 4.81. The van der Waals surface area contributed by atoms with Crippen molar-refractivity contribution in [3.63, 3.8) is 0 Å². The van der Waals surface area contributed by atoms with Gasteiger partial charge in [0.1, 0.15) is 17.5 Å². The van der Waals surface area contributed by atoms with Gasteiger partial charge in [-0.1, -0.05) is 11.6 Å². The van der Waals surface area contributed by atoms with Gasteiger partial charge in [-0.05, 0) is 42.0 Å². The summed E-state index contributed by atoms with van der Waals surface area (Å²) in [4.78, 5) is 6.28. The summed E-state index contributed by atoms with van der Waals surface area (Å²) in [6.07, 6.45) is 2.85. The minimum Gasteiger partial charge on any atom is -0.490 e. The van der Waals surface area contributed by atoms with Crippen LogP contribution in [0.1, 0.15) is 6.42 Å². The molecule has 1 aliphatic heterocycles. The minimum atomic E-state index is 0.461. The normalized spacial score (nSPS) is 21.1. The SMILES string of the molecule is CN1CC[C@H]1COc1cnc(Cl)c(Br)c1. The highest BCUT2D eigenvalue weighted by Gasteiger charge is 2.24. The van der Waals surface area contributed by atoms with Crippen LogP contribution in [0.25, 0.3) is 0 Å². The third-order valence-corrected chi connectivity index (χ3v) is 3.79. The number of hydrogen-bond donors (Lipinski definition) is 0. The lowest BCUT2D eigenvalue weighted by Gasteiger charge is -2.37. The number of likely N-dealkylation sites (N-methyl/N-ethyl adjacent to an activating group) is 1. The summed E-state index contributed by atoms with van der Waals surface area (Å²) >= 11 is 9.09. The molecule has 0 spiro atoms. The van der Waals surface area contributed by atoms with E-state index >= 15 is 0 Å². The zero-order chi connectivity index (χ0) is 10.8. The van der Waals surface area contributed by atoms with Gasteiger partial charge in [-0.25, -0.2) is 4.98 Å². The molecule has 2 rings (SSSR count). The average Bonchev–Trinajstić information content (AvgIpc) is 2.21. The Morgan fingerprint density at radius 3 is 3.07 bits per heavy atom. The van der Waals surface area contributed by atoms with E-state index in [4.69, 9.17) is 16.3 Å². The number of rotatable bonds is 3. The fourth-order valence-electron chi connectivity index (χ4n) is 1.46. The summed E-state index contributed by atoms with van der Waals surface area (Å²) in [5, 5.41) is 0.461. The second kappa shape index (κ2) is 4.68. The summed E-state index contributed by atoms with van der Waals surface area (Å²) < 4.78 is 6.39. The molecule has 0 aromatic carbocycles. The van der Waals surface area contributed by atoms with Gasteiger partial charge in [0.15, 0.2) is 0 Å². The van der Waals surface area contributed by atoms with Crippen molar-refractivity contribution in [2.75, 3.05) is 20.2 Å². The molecule has 2 heterocycles. The molecular weight excluding hydrogens is 279 g/mol. The van der Waals surface area contributed by atoms with Crippen LogP contribution in [0.3, 0.4) is 0 Å². The zero-order valence-corrected chi connectivity index (χ0v) is 10.8. The van der Waals surface area contributed by atoms with Gasteiger partial charge in [0.2, 0.25) is 0 Å². The number of nitrogens with zero attached hydrogens (tertiary/aromatic N) is 2. The summed E-state index contributed by atoms with van der Waals surface area (Å²) in [6, 6.07) is 2.38. The maximum Gasteiger partial charge on any atom is 0.143 e. The molecule has 5 heteroatoms. The minimum absolute atomic E-state index is 0.461. The van der Waals surface area contributed by atoms with Crippen molar-refractivity contribution in [2.45, 2.75) is 12.5 Å². The van der Waals surface area contributed by atoms with Crippen molar-refractivity contribution in [1.82, 2.24) is 9.88 Å². The first kappa shape index (κ1) is 11.2. The van der Waals surface area contributed by atoms with E-state index in [-0.39, 0.29) is 0 Å². The van der Waals surface area contributed by atoms with Crippen LogP contribution in [0.15, 0.2) is 16.7 Å². The van der Waals surface area contributed by atoms with Gasteiger partial charge in [0, 0.05) is 6.04 Å². The molecule has 0 saturated carbocycles. The van der Waals surface area contributed by atoms with Gasteiger partial charge in [-0.3, -0.25) is 4.90 Å². The van der Waals surface area contributed by atoms with Gasteiger partial charge >= 0.3 is 0 Å². The summed E-state index contributed by atoms with van der Waals surface area (Å²) in [6.45, 7) is 1.88. The van der Waals surface area contributed by atoms with Crippen LogP contribution in [0.4, 0.5) is 0 Å². The third kappa shape index (κ3) is 2.62. The van der Waals surface area contributed by atoms with Crippen LogP contribution in [0, 0.1) is 0 Å². The molecule has 0 N–H and O–H groups in total. The molecular formula is C10H12BrClN2O. The van der Waals surface area contributed by atoms with Gasteiger partial charge in [-0.15, -0.1) is 0 Å². The molecule has 1 aromatic heterocycles. The van der Waals surface area contributed by atoms with E-state index in [0.717, 1.165) is 16.8 Å². The number of aromatic nitrogens is 1. The molecule has 82 valence electrons. The number of likely N-dealkylation sites (tertiary alicyclic amines) is 1. The standard InChI is InChI=1S/C10H12BrClN2O/c1-14-3-2-7(14)6-15-8-4-9(11)10(12)13-5-8/h4-5,7H,2-3,6H2,1H3/t7-/m0/s1. The van der Waals surface area contributed by atoms with Crippen molar-refractivity contribution < 1.29 is 4.74 Å². The first-order chi connectivity index (χ1) is 7.16. The lowest BCUT2D eigenvalue weighted by Crippen LogP contribution is -2.48. The number of ether oxygens (including phenoxy) is 1. The summed E-state index contributed by atoms with van der Waals surface area (Å²) in [5.41, 5.74) is 0. The Bertz CT molecular complexity index is 361. The van der Waals surface area contributed by atoms with E-state index in [1.165, 1.54) is 6.42 Å². The highest BCUT2D eigenvalue weighted by atomic mass is 79.9. The van der Waals surface area contributed by atoms with E-state index in [0.29, 0.717) is 17.8 Å². The van der Waals surface area contributed by atoms with Crippen molar-refractivity contribution >= 4 is 27.5 Å². The zero-order valence-electron chi connectivity index (χ0n) is 8.41. The number of hydrogen-bond acceptors (Lipinski definition) is 3. The van der Waals surface area contributed by atoms with Crippen LogP contribution in [-0.4, -0.2) is 36.1 Å². The smallest absolute Gasteiger partial charge is 0.143 e. The van der Waals surface area contributed by atoms with Crippen molar-refractivity contribution in [3.05, 3.63) is 21.9 Å². The molecule has 0 unspecified atom stereocenters. The maximum absolute atomic E-state index is 5.78. The summed E-state index contributed by atoms with van der Waals surface area (Å²) in [7, 11) is 2.10. The first-order valence-corrected chi connectivity index (χ1v) is 5.98. The van der Waals surface area contributed by atoms with E-state index in [9.17, 15) is 0 Å². The molecule has 1 saturated heterocycles. The Labute approximate surface area is 103 Å². The largest absolute Gasteiger partial charge is 0.490 e. The van der Waals surface area contributed by atoms with E-state index in [2.05, 4.69) is 32.9 Å². The molecule has 1 atom stereocenters. The second-order valence-electron chi connectivity index (χ2n) is 3.68. The van der Waals surface area contributed by atoms with Crippen LogP contribution < -0.4 is 4.74 Å². The molecule has 0 bridgehead atoms. The monoisotopic (exact) mass is 290 g/mol. The van der Waals surface area contributed by atoms with E-state index in [1.54, 1.807) is 6.20 Å². The Hall–Kier alpha value is -0.320. The van der Waals surface area contributed by atoms with Gasteiger partial charge < -0.3 is 4.74 Å².